The van der Waals surface area contributed by atoms with Crippen LogP contribution in [0.15, 0.2) is 58.3 Å². The number of amidine groups is 1. The lowest BCUT2D eigenvalue weighted by Gasteiger charge is -2.20. The van der Waals surface area contributed by atoms with Gasteiger partial charge in [-0.2, -0.15) is 0 Å². The molecule has 112 valence electrons. The predicted molar refractivity (Wildman–Crippen MR) is 82.5 cm³/mol. The van der Waals surface area contributed by atoms with Crippen LogP contribution in [0.1, 0.15) is 24.2 Å². The van der Waals surface area contributed by atoms with E-state index in [4.69, 9.17) is 15.4 Å². The lowest BCUT2D eigenvalue weighted by atomic mass is 9.97. The Hall–Kier alpha value is -2.27. The van der Waals surface area contributed by atoms with Crippen LogP contribution in [-0.4, -0.2) is 23.6 Å². The molecule has 0 aliphatic heterocycles. The zero-order chi connectivity index (χ0) is 15.1. The molecule has 2 aromatic rings. The number of nitrogens with two attached hydrogens (primary N) is 1. The van der Waals surface area contributed by atoms with E-state index in [-0.39, 0.29) is 17.8 Å². The molecule has 1 aromatic heterocycles. The summed E-state index contributed by atoms with van der Waals surface area (Å²) in [5, 5.41) is 15.5. The monoisotopic (exact) mass is 287 g/mol. The summed E-state index contributed by atoms with van der Waals surface area (Å²) in [7, 11) is 0. The van der Waals surface area contributed by atoms with E-state index < -0.39 is 0 Å². The van der Waals surface area contributed by atoms with Gasteiger partial charge in [0, 0.05) is 19.0 Å². The highest BCUT2D eigenvalue weighted by Gasteiger charge is 2.17. The fourth-order valence-electron chi connectivity index (χ4n) is 2.27. The van der Waals surface area contributed by atoms with Crippen LogP contribution in [0.25, 0.3) is 0 Å². The first kappa shape index (κ1) is 15.1. The lowest BCUT2D eigenvalue weighted by Crippen LogP contribution is -2.36. The Labute approximate surface area is 124 Å². The van der Waals surface area contributed by atoms with Gasteiger partial charge in [0.15, 0.2) is 0 Å². The summed E-state index contributed by atoms with van der Waals surface area (Å²) in [5.41, 5.74) is 6.83. The van der Waals surface area contributed by atoms with E-state index in [2.05, 4.69) is 17.4 Å². The Balaban J connectivity index is 1.96. The van der Waals surface area contributed by atoms with Crippen molar-refractivity contribution in [3.8, 4) is 0 Å². The molecule has 1 aromatic carbocycles. The van der Waals surface area contributed by atoms with Crippen LogP contribution in [-0.2, 0) is 6.42 Å². The van der Waals surface area contributed by atoms with E-state index in [0.29, 0.717) is 6.54 Å². The van der Waals surface area contributed by atoms with Gasteiger partial charge in [-0.3, -0.25) is 0 Å². The van der Waals surface area contributed by atoms with Crippen molar-refractivity contribution in [1.82, 2.24) is 5.32 Å². The summed E-state index contributed by atoms with van der Waals surface area (Å²) >= 11 is 0. The third-order valence-electron chi connectivity index (χ3n) is 3.43. The largest absolute Gasteiger partial charge is 0.469 e. The highest BCUT2D eigenvalue weighted by molar-refractivity contribution is 5.87. The third-order valence-corrected chi connectivity index (χ3v) is 3.43. The molecule has 0 amide bonds. The SMILES string of the molecule is CC(Cc1ccco1)NCC(C(N)=NO)c1ccccc1. The molecule has 2 rings (SSSR count). The molecule has 0 aliphatic carbocycles. The van der Waals surface area contributed by atoms with Crippen LogP contribution in [0.5, 0.6) is 0 Å². The Kier molecular flexibility index (Phi) is 5.40. The van der Waals surface area contributed by atoms with Crippen molar-refractivity contribution < 1.29 is 9.62 Å². The average Bonchev–Trinajstić information content (AvgIpc) is 3.01. The Morgan fingerprint density at radius 1 is 1.29 bits per heavy atom. The maximum absolute atomic E-state index is 8.96. The summed E-state index contributed by atoms with van der Waals surface area (Å²) in [6.45, 7) is 2.68. The number of benzene rings is 1. The third kappa shape index (κ3) is 4.36. The first-order chi connectivity index (χ1) is 10.2. The number of nitrogens with one attached hydrogen (secondary N) is 1. The zero-order valence-electron chi connectivity index (χ0n) is 12.1. The van der Waals surface area contributed by atoms with E-state index >= 15 is 0 Å². The molecular formula is C16H21N3O2. The van der Waals surface area contributed by atoms with Crippen molar-refractivity contribution in [2.75, 3.05) is 6.54 Å². The van der Waals surface area contributed by atoms with Gasteiger partial charge >= 0.3 is 0 Å². The molecule has 2 unspecified atom stereocenters. The van der Waals surface area contributed by atoms with Gasteiger partial charge in [-0.15, -0.1) is 0 Å². The van der Waals surface area contributed by atoms with Gasteiger partial charge in [-0.05, 0) is 24.6 Å². The van der Waals surface area contributed by atoms with Crippen LogP contribution < -0.4 is 11.1 Å². The molecule has 5 nitrogen and oxygen atoms in total. The molecule has 5 heteroatoms. The fourth-order valence-corrected chi connectivity index (χ4v) is 2.27. The summed E-state index contributed by atoms with van der Waals surface area (Å²) < 4.78 is 5.34. The number of nitrogens with zero attached hydrogens (tertiary/aromatic N) is 1. The van der Waals surface area contributed by atoms with Gasteiger partial charge in [0.25, 0.3) is 0 Å². The molecule has 1 heterocycles. The molecule has 0 fully saturated rings. The Morgan fingerprint density at radius 2 is 2.05 bits per heavy atom. The van der Waals surface area contributed by atoms with Crippen LogP contribution in [0.4, 0.5) is 0 Å². The number of rotatable bonds is 7. The minimum atomic E-state index is -0.157. The number of hydrogen-bond acceptors (Lipinski definition) is 4. The summed E-state index contributed by atoms with van der Waals surface area (Å²) in [6.07, 6.45) is 2.47. The van der Waals surface area contributed by atoms with E-state index in [1.54, 1.807) is 6.26 Å². The topological polar surface area (TPSA) is 83.8 Å². The van der Waals surface area contributed by atoms with E-state index in [1.165, 1.54) is 0 Å². The molecule has 0 bridgehead atoms. The second kappa shape index (κ2) is 7.50. The van der Waals surface area contributed by atoms with Crippen molar-refractivity contribution >= 4 is 5.84 Å². The van der Waals surface area contributed by atoms with E-state index in [0.717, 1.165) is 17.7 Å². The molecule has 2 atom stereocenters. The van der Waals surface area contributed by atoms with Crippen LogP contribution in [0.3, 0.4) is 0 Å². The van der Waals surface area contributed by atoms with Gasteiger partial charge in [0.05, 0.1) is 12.2 Å². The molecule has 21 heavy (non-hydrogen) atoms. The minimum Gasteiger partial charge on any atom is -0.469 e. The highest BCUT2D eigenvalue weighted by Crippen LogP contribution is 2.15. The van der Waals surface area contributed by atoms with Crippen LogP contribution in [0.2, 0.25) is 0 Å². The standard InChI is InChI=1S/C16H21N3O2/c1-12(10-14-8-5-9-21-14)18-11-15(16(17)19-20)13-6-3-2-4-7-13/h2-9,12,15,18,20H,10-11H2,1H3,(H2,17,19). The molecule has 0 radical (unpaired) electrons. The minimum absolute atomic E-state index is 0.157. The summed E-state index contributed by atoms with van der Waals surface area (Å²) in [6, 6.07) is 13.8. The van der Waals surface area contributed by atoms with Crippen molar-refractivity contribution in [3.05, 3.63) is 60.1 Å². The smallest absolute Gasteiger partial charge is 0.147 e. The normalized spacial score (nSPS) is 14.8. The molecule has 4 N–H and O–H groups in total. The van der Waals surface area contributed by atoms with Gasteiger partial charge in [0.1, 0.15) is 11.6 Å². The van der Waals surface area contributed by atoms with Crippen molar-refractivity contribution in [3.63, 3.8) is 0 Å². The molecule has 0 saturated heterocycles. The quantitative estimate of drug-likeness (QED) is 0.316. The summed E-state index contributed by atoms with van der Waals surface area (Å²) in [5.74, 6) is 0.990. The molecule has 0 aliphatic rings. The number of hydrogen-bond donors (Lipinski definition) is 3. The second-order valence-corrected chi connectivity index (χ2v) is 5.08. The van der Waals surface area contributed by atoms with Crippen molar-refractivity contribution in [2.45, 2.75) is 25.3 Å². The molecule has 0 saturated carbocycles. The maximum atomic E-state index is 8.96. The van der Waals surface area contributed by atoms with Gasteiger partial charge in [-0.25, -0.2) is 0 Å². The van der Waals surface area contributed by atoms with Crippen molar-refractivity contribution in [2.24, 2.45) is 10.9 Å². The van der Waals surface area contributed by atoms with Crippen molar-refractivity contribution in [1.29, 1.82) is 0 Å². The number of oxime groups is 1. The Bertz CT molecular complexity index is 552. The second-order valence-electron chi connectivity index (χ2n) is 5.08. The Morgan fingerprint density at radius 3 is 2.67 bits per heavy atom. The van der Waals surface area contributed by atoms with E-state index in [1.807, 2.05) is 42.5 Å². The highest BCUT2D eigenvalue weighted by atomic mass is 16.4. The van der Waals surface area contributed by atoms with Crippen LogP contribution >= 0.6 is 0 Å². The first-order valence-corrected chi connectivity index (χ1v) is 6.99. The number of furan rings is 1. The van der Waals surface area contributed by atoms with Gasteiger partial charge in [0.2, 0.25) is 0 Å². The van der Waals surface area contributed by atoms with Crippen LogP contribution in [0, 0.1) is 0 Å². The van der Waals surface area contributed by atoms with Gasteiger partial charge < -0.3 is 20.7 Å². The van der Waals surface area contributed by atoms with E-state index in [9.17, 15) is 0 Å². The molecule has 0 spiro atoms. The average molecular weight is 287 g/mol. The van der Waals surface area contributed by atoms with Gasteiger partial charge in [-0.1, -0.05) is 35.5 Å². The first-order valence-electron chi connectivity index (χ1n) is 6.99. The zero-order valence-corrected chi connectivity index (χ0v) is 12.1. The predicted octanol–water partition coefficient (Wildman–Crippen LogP) is 2.33. The lowest BCUT2D eigenvalue weighted by molar-refractivity contribution is 0.315. The fraction of sp³-hybridized carbons (Fsp3) is 0.312. The summed E-state index contributed by atoms with van der Waals surface area (Å²) in [4.78, 5) is 0. The maximum Gasteiger partial charge on any atom is 0.147 e. The molecular weight excluding hydrogens is 266 g/mol.